The summed E-state index contributed by atoms with van der Waals surface area (Å²) in [6.07, 6.45) is 1.47. The minimum atomic E-state index is 0.322. The van der Waals surface area contributed by atoms with Gasteiger partial charge in [0.05, 0.1) is 12.1 Å². The van der Waals surface area contributed by atoms with E-state index in [-0.39, 0.29) is 0 Å². The van der Waals surface area contributed by atoms with E-state index in [4.69, 9.17) is 4.84 Å². The van der Waals surface area contributed by atoms with E-state index in [1.54, 1.807) is 0 Å². The van der Waals surface area contributed by atoms with Crippen LogP contribution in [0, 0.1) is 5.92 Å². The summed E-state index contributed by atoms with van der Waals surface area (Å²) in [5.74, 6) is 0.611. The van der Waals surface area contributed by atoms with E-state index in [9.17, 15) is 0 Å². The van der Waals surface area contributed by atoms with Crippen LogP contribution < -0.4 is 10.4 Å². The number of nitrogens with one attached hydrogen (secondary N) is 1. The molecule has 2 fully saturated rings. The van der Waals surface area contributed by atoms with Crippen LogP contribution in [0.2, 0.25) is 0 Å². The van der Waals surface area contributed by atoms with Crippen molar-refractivity contribution in [3.05, 3.63) is 30.3 Å². The molecule has 2 aliphatic rings. The van der Waals surface area contributed by atoms with Gasteiger partial charge in [-0.1, -0.05) is 25.1 Å². The zero-order valence-corrected chi connectivity index (χ0v) is 10.5. The SMILES string of the molecule is CC[C@H]1[C@@H]2NO[C@@H](C)[C@@H]2CN1c1ccccc1. The van der Waals surface area contributed by atoms with Crippen molar-refractivity contribution in [3.8, 4) is 0 Å². The van der Waals surface area contributed by atoms with Gasteiger partial charge in [-0.05, 0) is 25.5 Å². The molecule has 0 saturated carbocycles. The predicted molar refractivity (Wildman–Crippen MR) is 68.8 cm³/mol. The number of hydroxylamine groups is 1. The molecule has 1 aromatic carbocycles. The van der Waals surface area contributed by atoms with Gasteiger partial charge in [0, 0.05) is 24.2 Å². The van der Waals surface area contributed by atoms with Crippen LogP contribution in [0.4, 0.5) is 5.69 Å². The number of rotatable bonds is 2. The van der Waals surface area contributed by atoms with Gasteiger partial charge in [-0.2, -0.15) is 5.48 Å². The van der Waals surface area contributed by atoms with Crippen LogP contribution in [0.1, 0.15) is 20.3 Å². The highest BCUT2D eigenvalue weighted by atomic mass is 16.7. The molecule has 2 heterocycles. The molecule has 2 saturated heterocycles. The average Bonchev–Trinajstić information content (AvgIpc) is 2.90. The second-order valence-corrected chi connectivity index (χ2v) is 5.09. The summed E-state index contributed by atoms with van der Waals surface area (Å²) in [5.41, 5.74) is 4.56. The van der Waals surface area contributed by atoms with Crippen LogP contribution in [0.3, 0.4) is 0 Å². The molecule has 4 atom stereocenters. The fraction of sp³-hybridized carbons (Fsp3) is 0.571. The van der Waals surface area contributed by atoms with E-state index in [0.29, 0.717) is 24.1 Å². The van der Waals surface area contributed by atoms with Gasteiger partial charge >= 0.3 is 0 Å². The number of hydrogen-bond acceptors (Lipinski definition) is 3. The van der Waals surface area contributed by atoms with Gasteiger partial charge in [-0.3, -0.25) is 4.84 Å². The maximum atomic E-state index is 5.56. The van der Waals surface area contributed by atoms with Crippen molar-refractivity contribution in [3.63, 3.8) is 0 Å². The van der Waals surface area contributed by atoms with E-state index in [0.717, 1.165) is 13.0 Å². The summed E-state index contributed by atoms with van der Waals surface area (Å²) >= 11 is 0. The topological polar surface area (TPSA) is 24.5 Å². The molecule has 92 valence electrons. The minimum absolute atomic E-state index is 0.322. The number of fused-ring (bicyclic) bond motifs is 1. The van der Waals surface area contributed by atoms with E-state index < -0.39 is 0 Å². The first-order valence-corrected chi connectivity index (χ1v) is 6.54. The zero-order valence-electron chi connectivity index (χ0n) is 10.5. The third kappa shape index (κ3) is 1.74. The molecule has 0 bridgehead atoms. The molecule has 0 spiro atoms. The molecule has 0 unspecified atom stereocenters. The lowest BCUT2D eigenvalue weighted by Gasteiger charge is -2.28. The Kier molecular flexibility index (Phi) is 2.81. The van der Waals surface area contributed by atoms with Crippen LogP contribution >= 0.6 is 0 Å². The molecule has 0 amide bonds. The first kappa shape index (κ1) is 11.1. The lowest BCUT2D eigenvalue weighted by Crippen LogP contribution is -2.40. The molecule has 3 rings (SSSR count). The minimum Gasteiger partial charge on any atom is -0.366 e. The smallest absolute Gasteiger partial charge is 0.0823 e. The van der Waals surface area contributed by atoms with Gasteiger partial charge in [-0.15, -0.1) is 0 Å². The molecule has 17 heavy (non-hydrogen) atoms. The summed E-state index contributed by atoms with van der Waals surface area (Å²) in [5, 5.41) is 0. The number of para-hydroxylation sites is 1. The summed E-state index contributed by atoms with van der Waals surface area (Å²) < 4.78 is 0. The van der Waals surface area contributed by atoms with Crippen LogP contribution in [-0.2, 0) is 4.84 Å². The molecule has 1 aromatic rings. The maximum absolute atomic E-state index is 5.56. The lowest BCUT2D eigenvalue weighted by atomic mass is 9.95. The Hall–Kier alpha value is -1.06. The Morgan fingerprint density at radius 2 is 2.12 bits per heavy atom. The van der Waals surface area contributed by atoms with Crippen molar-refractivity contribution in [2.45, 2.75) is 38.5 Å². The van der Waals surface area contributed by atoms with Crippen molar-refractivity contribution in [1.82, 2.24) is 5.48 Å². The monoisotopic (exact) mass is 232 g/mol. The van der Waals surface area contributed by atoms with Crippen molar-refractivity contribution >= 4 is 5.69 Å². The standard InChI is InChI=1S/C14H20N2O/c1-3-13-14-12(10(2)17-15-14)9-16(13)11-7-5-4-6-8-11/h4-8,10,12-15H,3,9H2,1-2H3/t10-,12-,13-,14+/m0/s1. The first-order valence-electron chi connectivity index (χ1n) is 6.54. The number of benzene rings is 1. The molecular formula is C14H20N2O. The lowest BCUT2D eigenvalue weighted by molar-refractivity contribution is 0.0248. The molecular weight excluding hydrogens is 212 g/mol. The van der Waals surface area contributed by atoms with E-state index >= 15 is 0 Å². The largest absolute Gasteiger partial charge is 0.366 e. The second kappa shape index (κ2) is 4.31. The molecule has 3 heteroatoms. The predicted octanol–water partition coefficient (Wildman–Crippen LogP) is 2.19. The second-order valence-electron chi connectivity index (χ2n) is 5.09. The van der Waals surface area contributed by atoms with Crippen molar-refractivity contribution in [1.29, 1.82) is 0 Å². The van der Waals surface area contributed by atoms with Crippen LogP contribution in [0.5, 0.6) is 0 Å². The molecule has 0 aromatic heterocycles. The number of hydrogen-bond donors (Lipinski definition) is 1. The van der Waals surface area contributed by atoms with Crippen molar-refractivity contribution < 1.29 is 4.84 Å². The Labute approximate surface area is 103 Å². The summed E-state index contributed by atoms with van der Waals surface area (Å²) in [4.78, 5) is 8.09. The van der Waals surface area contributed by atoms with Crippen LogP contribution in [0.25, 0.3) is 0 Å². The van der Waals surface area contributed by atoms with Gasteiger partial charge in [0.15, 0.2) is 0 Å². The highest BCUT2D eigenvalue weighted by molar-refractivity contribution is 5.49. The Balaban J connectivity index is 1.87. The van der Waals surface area contributed by atoms with Gasteiger partial charge in [-0.25, -0.2) is 0 Å². The summed E-state index contributed by atoms with van der Waals surface area (Å²) in [6.45, 7) is 5.52. The number of anilines is 1. The van der Waals surface area contributed by atoms with Gasteiger partial charge in [0.2, 0.25) is 0 Å². The highest BCUT2D eigenvalue weighted by Gasteiger charge is 2.47. The third-order valence-corrected chi connectivity index (χ3v) is 4.18. The Morgan fingerprint density at radius 1 is 1.35 bits per heavy atom. The molecule has 2 aliphatic heterocycles. The normalized spacial score (nSPS) is 36.2. The maximum Gasteiger partial charge on any atom is 0.0823 e. The van der Waals surface area contributed by atoms with Crippen LogP contribution in [0.15, 0.2) is 30.3 Å². The van der Waals surface area contributed by atoms with E-state index in [2.05, 4.69) is 54.6 Å². The van der Waals surface area contributed by atoms with Gasteiger partial charge in [0.25, 0.3) is 0 Å². The quantitative estimate of drug-likeness (QED) is 0.846. The summed E-state index contributed by atoms with van der Waals surface area (Å²) in [7, 11) is 0. The van der Waals surface area contributed by atoms with Gasteiger partial charge in [0.1, 0.15) is 0 Å². The van der Waals surface area contributed by atoms with Crippen LogP contribution in [-0.4, -0.2) is 24.7 Å². The van der Waals surface area contributed by atoms with Crippen molar-refractivity contribution in [2.24, 2.45) is 5.92 Å². The Morgan fingerprint density at radius 3 is 2.82 bits per heavy atom. The van der Waals surface area contributed by atoms with Crippen molar-refractivity contribution in [2.75, 3.05) is 11.4 Å². The Bertz CT molecular complexity index is 381. The molecule has 1 N–H and O–H groups in total. The first-order chi connectivity index (χ1) is 8.31. The fourth-order valence-corrected chi connectivity index (χ4v) is 3.23. The number of nitrogens with zero attached hydrogens (tertiary/aromatic N) is 1. The molecule has 0 radical (unpaired) electrons. The fourth-order valence-electron chi connectivity index (χ4n) is 3.23. The van der Waals surface area contributed by atoms with E-state index in [1.165, 1.54) is 5.69 Å². The zero-order chi connectivity index (χ0) is 11.8. The molecule has 0 aliphatic carbocycles. The highest BCUT2D eigenvalue weighted by Crippen LogP contribution is 2.36. The van der Waals surface area contributed by atoms with E-state index in [1.807, 2.05) is 0 Å². The third-order valence-electron chi connectivity index (χ3n) is 4.18. The molecule has 3 nitrogen and oxygen atoms in total. The summed E-state index contributed by atoms with van der Waals surface area (Å²) in [6, 6.07) is 11.7. The van der Waals surface area contributed by atoms with Gasteiger partial charge < -0.3 is 4.90 Å². The average molecular weight is 232 g/mol.